The zero-order chi connectivity index (χ0) is 14.7. The van der Waals surface area contributed by atoms with Gasteiger partial charge < -0.3 is 9.88 Å². The molecule has 0 aliphatic rings. The van der Waals surface area contributed by atoms with E-state index in [0.717, 1.165) is 10.6 Å². The molecule has 1 N–H and O–H groups in total. The fraction of sp³-hybridized carbons (Fsp3) is 0.154. The second-order valence-electron chi connectivity index (χ2n) is 4.19. The highest BCUT2D eigenvalue weighted by Crippen LogP contribution is 2.08. The van der Waals surface area contributed by atoms with Gasteiger partial charge in [-0.3, -0.25) is 14.2 Å². The molecule has 0 aliphatic heterocycles. The van der Waals surface area contributed by atoms with Crippen molar-refractivity contribution in [2.45, 2.75) is 6.54 Å². The maximum atomic E-state index is 13.0. The van der Waals surface area contributed by atoms with Gasteiger partial charge in [-0.1, -0.05) is 6.07 Å². The topological polar surface area (TPSA) is 73.1 Å². The van der Waals surface area contributed by atoms with Crippen molar-refractivity contribution in [3.63, 3.8) is 0 Å². The third-order valence-electron chi connectivity index (χ3n) is 2.65. The summed E-state index contributed by atoms with van der Waals surface area (Å²) < 4.78 is 15.0. The quantitative estimate of drug-likeness (QED) is 0.878. The molecular formula is C13H12FN3O3. The van der Waals surface area contributed by atoms with E-state index in [1.165, 1.54) is 42.1 Å². The van der Waals surface area contributed by atoms with Gasteiger partial charge >= 0.3 is 5.69 Å². The van der Waals surface area contributed by atoms with E-state index in [-0.39, 0.29) is 5.69 Å². The Hall–Kier alpha value is -2.70. The minimum Gasteiger partial charge on any atom is -0.324 e. The van der Waals surface area contributed by atoms with E-state index < -0.39 is 29.5 Å². The van der Waals surface area contributed by atoms with Crippen molar-refractivity contribution in [1.82, 2.24) is 9.13 Å². The summed E-state index contributed by atoms with van der Waals surface area (Å²) in [4.78, 5) is 35.0. The molecule has 20 heavy (non-hydrogen) atoms. The second-order valence-corrected chi connectivity index (χ2v) is 4.19. The number of carbonyl (C=O) groups excluding carboxylic acids is 1. The van der Waals surface area contributed by atoms with Crippen LogP contribution in [0.4, 0.5) is 10.1 Å². The maximum absolute atomic E-state index is 13.0. The van der Waals surface area contributed by atoms with Crippen molar-refractivity contribution in [3.05, 3.63) is 63.2 Å². The predicted octanol–water partition coefficient (Wildman–Crippen LogP) is 0.325. The normalized spacial score (nSPS) is 10.3. The summed E-state index contributed by atoms with van der Waals surface area (Å²) in [5.41, 5.74) is -0.898. The molecule has 1 aromatic carbocycles. The SMILES string of the molecule is Cn1ccc(=O)n(CC(=O)Nc2cccc(F)c2)c1=O. The van der Waals surface area contributed by atoms with Gasteiger partial charge in [-0.2, -0.15) is 0 Å². The highest BCUT2D eigenvalue weighted by atomic mass is 19.1. The lowest BCUT2D eigenvalue weighted by Gasteiger charge is -2.07. The number of aryl methyl sites for hydroxylation is 1. The lowest BCUT2D eigenvalue weighted by molar-refractivity contribution is -0.116. The molecule has 104 valence electrons. The monoisotopic (exact) mass is 277 g/mol. The molecule has 2 rings (SSSR count). The van der Waals surface area contributed by atoms with Crippen molar-refractivity contribution in [2.24, 2.45) is 7.05 Å². The highest BCUT2D eigenvalue weighted by molar-refractivity contribution is 5.90. The third-order valence-corrected chi connectivity index (χ3v) is 2.65. The molecule has 0 spiro atoms. The molecule has 0 atom stereocenters. The van der Waals surface area contributed by atoms with Crippen LogP contribution in [0.1, 0.15) is 0 Å². The van der Waals surface area contributed by atoms with Crippen LogP contribution in [0, 0.1) is 5.82 Å². The molecule has 0 saturated carbocycles. The Bertz CT molecular complexity index is 764. The van der Waals surface area contributed by atoms with E-state index >= 15 is 0 Å². The molecule has 1 amide bonds. The Labute approximate surface area is 113 Å². The molecule has 1 aromatic heterocycles. The van der Waals surface area contributed by atoms with Crippen LogP contribution in [0.25, 0.3) is 0 Å². The maximum Gasteiger partial charge on any atom is 0.331 e. The number of nitrogens with one attached hydrogen (secondary N) is 1. The predicted molar refractivity (Wildman–Crippen MR) is 71.0 cm³/mol. The van der Waals surface area contributed by atoms with E-state index in [9.17, 15) is 18.8 Å². The zero-order valence-corrected chi connectivity index (χ0v) is 10.7. The Balaban J connectivity index is 2.19. The van der Waals surface area contributed by atoms with Crippen molar-refractivity contribution >= 4 is 11.6 Å². The first-order valence-corrected chi connectivity index (χ1v) is 5.79. The number of nitrogens with zero attached hydrogens (tertiary/aromatic N) is 2. The molecule has 0 aliphatic carbocycles. The Morgan fingerprint density at radius 3 is 2.75 bits per heavy atom. The van der Waals surface area contributed by atoms with Crippen LogP contribution in [-0.4, -0.2) is 15.0 Å². The van der Waals surface area contributed by atoms with Gasteiger partial charge in [0.25, 0.3) is 5.56 Å². The average Bonchev–Trinajstić information content (AvgIpc) is 2.39. The molecule has 0 bridgehead atoms. The lowest BCUT2D eigenvalue weighted by atomic mass is 10.3. The summed E-state index contributed by atoms with van der Waals surface area (Å²) in [6.45, 7) is -0.428. The van der Waals surface area contributed by atoms with Crippen LogP contribution in [0.5, 0.6) is 0 Å². The molecule has 0 saturated heterocycles. The van der Waals surface area contributed by atoms with E-state index in [0.29, 0.717) is 0 Å². The van der Waals surface area contributed by atoms with Gasteiger partial charge in [0.1, 0.15) is 12.4 Å². The molecule has 0 fully saturated rings. The molecular weight excluding hydrogens is 265 g/mol. The molecule has 1 heterocycles. The van der Waals surface area contributed by atoms with Gasteiger partial charge in [0, 0.05) is 25.0 Å². The number of halogens is 1. The van der Waals surface area contributed by atoms with Crippen molar-refractivity contribution in [3.8, 4) is 0 Å². The molecule has 0 unspecified atom stereocenters. The fourth-order valence-electron chi connectivity index (χ4n) is 1.67. The van der Waals surface area contributed by atoms with Gasteiger partial charge in [-0.05, 0) is 18.2 Å². The standard InChI is InChI=1S/C13H12FN3O3/c1-16-6-5-12(19)17(13(16)20)8-11(18)15-10-4-2-3-9(14)7-10/h2-7H,8H2,1H3,(H,15,18). The Kier molecular flexibility index (Phi) is 3.79. The minimum atomic E-state index is -0.591. The number of hydrogen-bond acceptors (Lipinski definition) is 3. The van der Waals surface area contributed by atoms with Crippen LogP contribution < -0.4 is 16.6 Å². The third kappa shape index (κ3) is 3.00. The first-order chi connectivity index (χ1) is 9.47. The first-order valence-electron chi connectivity index (χ1n) is 5.79. The van der Waals surface area contributed by atoms with Crippen molar-refractivity contribution in [2.75, 3.05) is 5.32 Å². The van der Waals surface area contributed by atoms with Gasteiger partial charge in [-0.25, -0.2) is 9.18 Å². The van der Waals surface area contributed by atoms with E-state index in [1.807, 2.05) is 0 Å². The largest absolute Gasteiger partial charge is 0.331 e. The number of aromatic nitrogens is 2. The summed E-state index contributed by atoms with van der Waals surface area (Å²) >= 11 is 0. The number of amides is 1. The van der Waals surface area contributed by atoms with Crippen molar-refractivity contribution < 1.29 is 9.18 Å². The van der Waals surface area contributed by atoms with E-state index in [4.69, 9.17) is 0 Å². The summed E-state index contributed by atoms with van der Waals surface area (Å²) in [6.07, 6.45) is 1.33. The van der Waals surface area contributed by atoms with Crippen LogP contribution in [0.3, 0.4) is 0 Å². The number of hydrogen-bond donors (Lipinski definition) is 1. The number of benzene rings is 1. The van der Waals surface area contributed by atoms with E-state index in [1.54, 1.807) is 0 Å². The highest BCUT2D eigenvalue weighted by Gasteiger charge is 2.09. The molecule has 6 nitrogen and oxygen atoms in total. The molecule has 0 radical (unpaired) electrons. The Morgan fingerprint density at radius 2 is 2.05 bits per heavy atom. The van der Waals surface area contributed by atoms with Crippen LogP contribution >= 0.6 is 0 Å². The number of rotatable bonds is 3. The van der Waals surface area contributed by atoms with Crippen LogP contribution in [0.15, 0.2) is 46.1 Å². The first kappa shape index (κ1) is 13.7. The fourth-order valence-corrected chi connectivity index (χ4v) is 1.67. The van der Waals surface area contributed by atoms with E-state index in [2.05, 4.69) is 5.32 Å². The summed E-state index contributed by atoms with van der Waals surface area (Å²) in [7, 11) is 1.47. The van der Waals surface area contributed by atoms with Crippen LogP contribution in [0.2, 0.25) is 0 Å². The van der Waals surface area contributed by atoms with Gasteiger partial charge in [0.15, 0.2) is 0 Å². The smallest absolute Gasteiger partial charge is 0.324 e. The summed E-state index contributed by atoms with van der Waals surface area (Å²) in [5.74, 6) is -1.07. The van der Waals surface area contributed by atoms with Gasteiger partial charge in [0.2, 0.25) is 5.91 Å². The van der Waals surface area contributed by atoms with Crippen molar-refractivity contribution in [1.29, 1.82) is 0 Å². The van der Waals surface area contributed by atoms with Crippen LogP contribution in [-0.2, 0) is 18.4 Å². The number of carbonyl (C=O) groups is 1. The zero-order valence-electron chi connectivity index (χ0n) is 10.7. The minimum absolute atomic E-state index is 0.260. The Morgan fingerprint density at radius 1 is 1.30 bits per heavy atom. The summed E-state index contributed by atoms with van der Waals surface area (Å²) in [5, 5.41) is 2.42. The second kappa shape index (κ2) is 5.52. The molecule has 2 aromatic rings. The lowest BCUT2D eigenvalue weighted by Crippen LogP contribution is -2.40. The van der Waals surface area contributed by atoms with Gasteiger partial charge in [0.05, 0.1) is 0 Å². The summed E-state index contributed by atoms with van der Waals surface area (Å²) in [6, 6.07) is 6.53. The number of anilines is 1. The molecule has 7 heteroatoms. The average molecular weight is 277 g/mol. The van der Waals surface area contributed by atoms with Gasteiger partial charge in [-0.15, -0.1) is 0 Å².